The summed E-state index contributed by atoms with van der Waals surface area (Å²) in [5, 5.41) is 15.9. The minimum atomic E-state index is 0. The maximum atomic E-state index is 9.17. The quantitative estimate of drug-likeness (QED) is 0.247. The molecule has 0 aliphatic heterocycles. The van der Waals surface area contributed by atoms with Crippen molar-refractivity contribution < 1.29 is 5.11 Å². The van der Waals surface area contributed by atoms with E-state index in [-0.39, 0.29) is 30.6 Å². The Balaban J connectivity index is 0.00000625. The lowest BCUT2D eigenvalue weighted by atomic mass is 10.0. The van der Waals surface area contributed by atoms with Gasteiger partial charge in [-0.2, -0.15) is 0 Å². The van der Waals surface area contributed by atoms with Gasteiger partial charge in [-0.15, -0.1) is 24.0 Å². The molecule has 0 aromatic heterocycles. The van der Waals surface area contributed by atoms with E-state index in [1.54, 1.807) is 0 Å². The second-order valence-electron chi connectivity index (χ2n) is 6.54. The summed E-state index contributed by atoms with van der Waals surface area (Å²) in [6, 6.07) is 10.5. The Hall–Kier alpha value is -0.860. The van der Waals surface area contributed by atoms with Crippen LogP contribution in [0.3, 0.4) is 0 Å². The van der Waals surface area contributed by atoms with Gasteiger partial charge in [-0.3, -0.25) is 4.99 Å². The zero-order valence-corrected chi connectivity index (χ0v) is 18.9. The highest BCUT2D eigenvalue weighted by Crippen LogP contribution is 2.10. The van der Waals surface area contributed by atoms with Gasteiger partial charge >= 0.3 is 0 Å². The van der Waals surface area contributed by atoms with Crippen molar-refractivity contribution in [3.63, 3.8) is 0 Å². The van der Waals surface area contributed by atoms with Crippen LogP contribution in [0.1, 0.15) is 38.7 Å². The molecule has 1 atom stereocenters. The van der Waals surface area contributed by atoms with Gasteiger partial charge in [-0.25, -0.2) is 0 Å². The number of aliphatic imine (C=N–C) groups is 1. The Morgan fingerprint density at radius 2 is 1.88 bits per heavy atom. The Morgan fingerprint density at radius 3 is 2.50 bits per heavy atom. The van der Waals surface area contributed by atoms with Gasteiger partial charge in [-0.05, 0) is 38.3 Å². The van der Waals surface area contributed by atoms with Gasteiger partial charge in [0.25, 0.3) is 0 Å². The number of hydrogen-bond acceptors (Lipinski definition) is 3. The summed E-state index contributed by atoms with van der Waals surface area (Å²) in [7, 11) is 2.14. The van der Waals surface area contributed by atoms with Crippen LogP contribution in [-0.4, -0.2) is 55.8 Å². The zero-order chi connectivity index (χ0) is 18.3. The number of hydrogen-bond donors (Lipinski definition) is 3. The van der Waals surface area contributed by atoms with Gasteiger partial charge in [0, 0.05) is 39.3 Å². The van der Waals surface area contributed by atoms with Crippen LogP contribution >= 0.6 is 24.0 Å². The van der Waals surface area contributed by atoms with Gasteiger partial charge in [0.2, 0.25) is 0 Å². The Labute approximate surface area is 176 Å². The lowest BCUT2D eigenvalue weighted by Crippen LogP contribution is -2.41. The molecule has 0 fully saturated rings. The fourth-order valence-electron chi connectivity index (χ4n) is 2.82. The predicted octanol–water partition coefficient (Wildman–Crippen LogP) is 3.09. The summed E-state index contributed by atoms with van der Waals surface area (Å²) in [5.41, 5.74) is 1.33. The fourth-order valence-corrected chi connectivity index (χ4v) is 2.82. The Kier molecular flexibility index (Phi) is 15.8. The van der Waals surface area contributed by atoms with Crippen molar-refractivity contribution in [1.82, 2.24) is 15.5 Å². The van der Waals surface area contributed by atoms with Crippen molar-refractivity contribution in [2.45, 2.75) is 39.7 Å². The first-order valence-electron chi connectivity index (χ1n) is 9.55. The number of nitrogens with one attached hydrogen (secondary N) is 2. The van der Waals surface area contributed by atoms with Crippen molar-refractivity contribution in [3.8, 4) is 0 Å². The van der Waals surface area contributed by atoms with Crippen molar-refractivity contribution in [2.75, 3.05) is 39.8 Å². The molecule has 0 radical (unpaired) electrons. The largest absolute Gasteiger partial charge is 0.396 e. The van der Waals surface area contributed by atoms with Crippen LogP contribution in [0, 0.1) is 5.92 Å². The fraction of sp³-hybridized carbons (Fsp3) is 0.650. The van der Waals surface area contributed by atoms with Gasteiger partial charge in [0.1, 0.15) is 0 Å². The monoisotopic (exact) mass is 476 g/mol. The first-order valence-corrected chi connectivity index (χ1v) is 9.55. The summed E-state index contributed by atoms with van der Waals surface area (Å²) in [5.74, 6) is 1.33. The van der Waals surface area contributed by atoms with Gasteiger partial charge in [-0.1, -0.05) is 43.7 Å². The lowest BCUT2D eigenvalue weighted by molar-refractivity contribution is 0.253. The van der Waals surface area contributed by atoms with E-state index in [1.807, 2.05) is 6.07 Å². The summed E-state index contributed by atoms with van der Waals surface area (Å²) in [6.45, 7) is 8.88. The smallest absolute Gasteiger partial charge is 0.191 e. The number of aliphatic hydroxyl groups excluding tert-OH is 1. The molecule has 0 heterocycles. The second-order valence-corrected chi connectivity index (χ2v) is 6.54. The molecule has 3 N–H and O–H groups in total. The Bertz CT molecular complexity index is 464. The molecule has 1 aromatic rings. The summed E-state index contributed by atoms with van der Waals surface area (Å²) in [6.07, 6.45) is 3.08. The SMILES string of the molecule is CCCC(CCO)CN=C(NCC)NCCN(C)Cc1ccccc1.I. The van der Waals surface area contributed by atoms with Crippen LogP contribution in [-0.2, 0) is 6.54 Å². The van der Waals surface area contributed by atoms with Gasteiger partial charge in [0.15, 0.2) is 5.96 Å². The number of guanidine groups is 1. The van der Waals surface area contributed by atoms with Crippen LogP contribution in [0.4, 0.5) is 0 Å². The number of likely N-dealkylation sites (N-methyl/N-ethyl adjacent to an activating group) is 1. The molecule has 1 aromatic carbocycles. The molecule has 0 saturated heterocycles. The van der Waals surface area contributed by atoms with Crippen LogP contribution in [0.2, 0.25) is 0 Å². The molecule has 0 spiro atoms. The molecule has 0 aliphatic carbocycles. The molecule has 6 heteroatoms. The lowest BCUT2D eigenvalue weighted by Gasteiger charge is -2.19. The highest BCUT2D eigenvalue weighted by Gasteiger charge is 2.07. The average Bonchev–Trinajstić information content (AvgIpc) is 2.60. The number of halogens is 1. The first-order chi connectivity index (χ1) is 12.2. The minimum Gasteiger partial charge on any atom is -0.396 e. The highest BCUT2D eigenvalue weighted by atomic mass is 127. The third-order valence-corrected chi connectivity index (χ3v) is 4.17. The van der Waals surface area contributed by atoms with E-state index in [9.17, 15) is 5.11 Å². The van der Waals surface area contributed by atoms with Crippen LogP contribution in [0.25, 0.3) is 0 Å². The van der Waals surface area contributed by atoms with Crippen LogP contribution in [0.5, 0.6) is 0 Å². The van der Waals surface area contributed by atoms with Gasteiger partial charge < -0.3 is 20.6 Å². The number of benzene rings is 1. The third kappa shape index (κ3) is 11.7. The van der Waals surface area contributed by atoms with E-state index in [0.29, 0.717) is 5.92 Å². The van der Waals surface area contributed by atoms with Crippen molar-refractivity contribution in [2.24, 2.45) is 10.9 Å². The van der Waals surface area contributed by atoms with E-state index in [1.165, 1.54) is 5.56 Å². The van der Waals surface area contributed by atoms with E-state index >= 15 is 0 Å². The molecule has 0 amide bonds. The number of rotatable bonds is 12. The van der Waals surface area contributed by atoms with Crippen LogP contribution in [0.15, 0.2) is 35.3 Å². The molecular weight excluding hydrogens is 439 g/mol. The summed E-state index contributed by atoms with van der Waals surface area (Å²) < 4.78 is 0. The minimum absolute atomic E-state index is 0. The van der Waals surface area contributed by atoms with Crippen molar-refractivity contribution in [1.29, 1.82) is 0 Å². The summed E-state index contributed by atoms with van der Waals surface area (Å²) >= 11 is 0. The molecule has 0 bridgehead atoms. The molecular formula is C20H37IN4O. The molecule has 26 heavy (non-hydrogen) atoms. The topological polar surface area (TPSA) is 59.9 Å². The Morgan fingerprint density at radius 1 is 1.15 bits per heavy atom. The maximum Gasteiger partial charge on any atom is 0.191 e. The van der Waals surface area contributed by atoms with Gasteiger partial charge in [0.05, 0.1) is 0 Å². The maximum absolute atomic E-state index is 9.17. The van der Waals surface area contributed by atoms with E-state index in [4.69, 9.17) is 4.99 Å². The van der Waals surface area contributed by atoms with Crippen LogP contribution < -0.4 is 10.6 Å². The molecule has 1 unspecified atom stereocenters. The summed E-state index contributed by atoms with van der Waals surface area (Å²) in [4.78, 5) is 7.00. The first kappa shape index (κ1) is 25.1. The molecule has 5 nitrogen and oxygen atoms in total. The predicted molar refractivity (Wildman–Crippen MR) is 122 cm³/mol. The average molecular weight is 476 g/mol. The third-order valence-electron chi connectivity index (χ3n) is 4.17. The van der Waals surface area contributed by atoms with E-state index < -0.39 is 0 Å². The normalized spacial score (nSPS) is 12.6. The number of aliphatic hydroxyl groups is 1. The molecule has 1 rings (SSSR count). The second kappa shape index (κ2) is 16.3. The van der Waals surface area contributed by atoms with Crippen molar-refractivity contribution >= 4 is 29.9 Å². The highest BCUT2D eigenvalue weighted by molar-refractivity contribution is 14.0. The molecule has 0 aliphatic rings. The standard InChI is InChI=1S/C20H36N4O.HI/c1-4-9-18(12-15-25)16-23-20(21-5-2)22-13-14-24(3)17-19-10-7-6-8-11-19;/h6-8,10-11,18,25H,4-5,9,12-17H2,1-3H3,(H2,21,22,23);1H. The molecule has 150 valence electrons. The van der Waals surface area contributed by atoms with E-state index in [2.05, 4.69) is 60.7 Å². The van der Waals surface area contributed by atoms with Crippen molar-refractivity contribution in [3.05, 3.63) is 35.9 Å². The van der Waals surface area contributed by atoms with E-state index in [0.717, 1.165) is 57.9 Å². The zero-order valence-electron chi connectivity index (χ0n) is 16.6. The molecule has 0 saturated carbocycles. The number of nitrogens with zero attached hydrogens (tertiary/aromatic N) is 2.